The fraction of sp³-hybridized carbons (Fsp3) is 0.278. The molecule has 2 rings (SSSR count). The Morgan fingerprint density at radius 1 is 0.952 bits per heavy atom. The number of hydrogen-bond acceptors (Lipinski definition) is 1. The van der Waals surface area contributed by atoms with Gasteiger partial charge in [0.05, 0.1) is 6.04 Å². The molecule has 0 aliphatic heterocycles. The van der Waals surface area contributed by atoms with Crippen molar-refractivity contribution in [3.63, 3.8) is 0 Å². The minimum absolute atomic E-state index is 0.232. The molecule has 0 bridgehead atoms. The van der Waals surface area contributed by atoms with E-state index in [4.69, 9.17) is 12.2 Å². The lowest BCUT2D eigenvalue weighted by Crippen LogP contribution is -2.32. The van der Waals surface area contributed by atoms with Crippen LogP contribution >= 0.6 is 12.2 Å². The summed E-state index contributed by atoms with van der Waals surface area (Å²) in [4.78, 5) is 0. The zero-order valence-corrected chi connectivity index (χ0v) is 13.6. The first-order valence-corrected chi connectivity index (χ1v) is 7.70. The molecule has 110 valence electrons. The molecule has 0 aliphatic carbocycles. The van der Waals surface area contributed by atoms with Crippen LogP contribution in [0.2, 0.25) is 0 Å². The number of benzene rings is 2. The van der Waals surface area contributed by atoms with E-state index in [0.29, 0.717) is 5.11 Å². The summed E-state index contributed by atoms with van der Waals surface area (Å²) in [6, 6.07) is 17.0. The Bertz CT molecular complexity index is 588. The molecule has 2 aromatic carbocycles. The van der Waals surface area contributed by atoms with Crippen LogP contribution in [-0.2, 0) is 0 Å². The van der Waals surface area contributed by atoms with Gasteiger partial charge in [0, 0.05) is 5.69 Å². The number of rotatable bonds is 4. The second kappa shape index (κ2) is 7.23. The molecule has 0 aliphatic rings. The molecule has 2 aromatic rings. The quantitative estimate of drug-likeness (QED) is 0.797. The van der Waals surface area contributed by atoms with Crippen LogP contribution in [0.15, 0.2) is 48.5 Å². The first-order valence-electron chi connectivity index (χ1n) is 7.29. The Hall–Kier alpha value is -1.87. The van der Waals surface area contributed by atoms with Crippen molar-refractivity contribution in [3.8, 4) is 0 Å². The van der Waals surface area contributed by atoms with Gasteiger partial charge in [0.1, 0.15) is 0 Å². The lowest BCUT2D eigenvalue weighted by Gasteiger charge is -2.20. The molecule has 0 amide bonds. The largest absolute Gasteiger partial charge is 0.356 e. The maximum Gasteiger partial charge on any atom is 0.171 e. The molecule has 0 saturated carbocycles. The third-order valence-electron chi connectivity index (χ3n) is 3.50. The van der Waals surface area contributed by atoms with E-state index >= 15 is 0 Å². The zero-order valence-electron chi connectivity index (χ0n) is 12.8. The van der Waals surface area contributed by atoms with E-state index in [1.165, 1.54) is 16.7 Å². The van der Waals surface area contributed by atoms with Crippen molar-refractivity contribution in [3.05, 3.63) is 65.2 Å². The van der Waals surface area contributed by atoms with E-state index in [1.54, 1.807) is 0 Å². The minimum Gasteiger partial charge on any atom is -0.356 e. The summed E-state index contributed by atoms with van der Waals surface area (Å²) in [7, 11) is 0. The van der Waals surface area contributed by atoms with Crippen LogP contribution in [0.3, 0.4) is 0 Å². The van der Waals surface area contributed by atoms with Gasteiger partial charge in [0.25, 0.3) is 0 Å². The molecule has 1 atom stereocenters. The summed E-state index contributed by atoms with van der Waals surface area (Å²) in [5, 5.41) is 7.28. The Morgan fingerprint density at radius 3 is 2.00 bits per heavy atom. The number of hydrogen-bond donors (Lipinski definition) is 2. The normalized spacial score (nSPS) is 11.8. The zero-order chi connectivity index (χ0) is 15.2. The summed E-state index contributed by atoms with van der Waals surface area (Å²) in [6.45, 7) is 6.33. The van der Waals surface area contributed by atoms with Crippen LogP contribution in [0.25, 0.3) is 0 Å². The highest BCUT2D eigenvalue weighted by molar-refractivity contribution is 7.80. The van der Waals surface area contributed by atoms with E-state index in [0.717, 1.165) is 12.1 Å². The predicted octanol–water partition coefficient (Wildman–Crippen LogP) is 4.74. The summed E-state index contributed by atoms with van der Waals surface area (Å²) in [5.41, 5.74) is 4.78. The Labute approximate surface area is 132 Å². The monoisotopic (exact) mass is 298 g/mol. The van der Waals surface area contributed by atoms with Gasteiger partial charge in [-0.3, -0.25) is 0 Å². The van der Waals surface area contributed by atoms with Crippen molar-refractivity contribution < 1.29 is 0 Å². The molecule has 0 saturated heterocycles. The molecular formula is C18H22N2S. The van der Waals surface area contributed by atoms with Gasteiger partial charge in [0.15, 0.2) is 5.11 Å². The van der Waals surface area contributed by atoms with Gasteiger partial charge in [-0.05, 0) is 50.2 Å². The van der Waals surface area contributed by atoms with Crippen LogP contribution < -0.4 is 10.6 Å². The van der Waals surface area contributed by atoms with Gasteiger partial charge in [0.2, 0.25) is 0 Å². The second-order valence-corrected chi connectivity index (χ2v) is 5.74. The molecule has 0 radical (unpaired) electrons. The molecule has 3 heteroatoms. The fourth-order valence-electron chi connectivity index (χ4n) is 2.18. The van der Waals surface area contributed by atoms with Crippen LogP contribution in [0.5, 0.6) is 0 Å². The molecule has 0 aromatic heterocycles. The highest BCUT2D eigenvalue weighted by Crippen LogP contribution is 2.17. The number of nitrogens with one attached hydrogen (secondary N) is 2. The lowest BCUT2D eigenvalue weighted by atomic mass is 10.0. The summed E-state index contributed by atoms with van der Waals surface area (Å²) >= 11 is 5.41. The summed E-state index contributed by atoms with van der Waals surface area (Å²) in [5.74, 6) is 0. The topological polar surface area (TPSA) is 24.1 Å². The first-order chi connectivity index (χ1) is 10.1. The first kappa shape index (κ1) is 15.5. The SMILES string of the molecule is CC[C@@H](NC(=S)Nc1ccc(C)cc1)c1ccc(C)cc1. The molecular weight excluding hydrogens is 276 g/mol. The maximum atomic E-state index is 5.41. The van der Waals surface area contributed by atoms with E-state index in [9.17, 15) is 0 Å². The molecule has 2 N–H and O–H groups in total. The minimum atomic E-state index is 0.232. The van der Waals surface area contributed by atoms with Crippen molar-refractivity contribution in [2.45, 2.75) is 33.2 Å². The average molecular weight is 298 g/mol. The van der Waals surface area contributed by atoms with Crippen LogP contribution in [0.1, 0.15) is 36.1 Å². The van der Waals surface area contributed by atoms with Gasteiger partial charge < -0.3 is 10.6 Å². The Balaban J connectivity index is 1.99. The third kappa shape index (κ3) is 4.57. The summed E-state index contributed by atoms with van der Waals surface area (Å²) in [6.07, 6.45) is 0.985. The van der Waals surface area contributed by atoms with E-state index in [2.05, 4.69) is 67.8 Å². The highest BCUT2D eigenvalue weighted by Gasteiger charge is 2.10. The molecule has 21 heavy (non-hydrogen) atoms. The fourth-order valence-corrected chi connectivity index (χ4v) is 2.44. The predicted molar refractivity (Wildman–Crippen MR) is 94.7 cm³/mol. The van der Waals surface area contributed by atoms with Gasteiger partial charge in [-0.1, -0.05) is 54.4 Å². The van der Waals surface area contributed by atoms with Crippen molar-refractivity contribution in [2.75, 3.05) is 5.32 Å². The number of anilines is 1. The standard InChI is InChI=1S/C18H22N2S/c1-4-17(15-9-5-13(2)6-10-15)20-18(21)19-16-11-7-14(3)8-12-16/h5-12,17H,4H2,1-3H3,(H2,19,20,21)/t17-/m1/s1. The van der Waals surface area contributed by atoms with Crippen molar-refractivity contribution in [2.24, 2.45) is 0 Å². The highest BCUT2D eigenvalue weighted by atomic mass is 32.1. The van der Waals surface area contributed by atoms with Crippen molar-refractivity contribution in [1.82, 2.24) is 5.32 Å². The van der Waals surface area contributed by atoms with Crippen molar-refractivity contribution >= 4 is 23.0 Å². The van der Waals surface area contributed by atoms with Gasteiger partial charge in [-0.2, -0.15) is 0 Å². The number of thiocarbonyl (C=S) groups is 1. The van der Waals surface area contributed by atoms with Gasteiger partial charge in [-0.25, -0.2) is 0 Å². The van der Waals surface area contributed by atoms with Crippen LogP contribution in [-0.4, -0.2) is 5.11 Å². The average Bonchev–Trinajstić information content (AvgIpc) is 2.48. The summed E-state index contributed by atoms with van der Waals surface area (Å²) < 4.78 is 0. The van der Waals surface area contributed by atoms with Crippen molar-refractivity contribution in [1.29, 1.82) is 0 Å². The third-order valence-corrected chi connectivity index (χ3v) is 3.72. The molecule has 0 unspecified atom stereocenters. The molecule has 0 fully saturated rings. The maximum absolute atomic E-state index is 5.41. The number of aryl methyl sites for hydroxylation is 2. The van der Waals surface area contributed by atoms with E-state index in [1.807, 2.05) is 12.1 Å². The van der Waals surface area contributed by atoms with Crippen LogP contribution in [0.4, 0.5) is 5.69 Å². The van der Waals surface area contributed by atoms with Gasteiger partial charge >= 0.3 is 0 Å². The second-order valence-electron chi connectivity index (χ2n) is 5.34. The van der Waals surface area contributed by atoms with E-state index in [-0.39, 0.29) is 6.04 Å². The van der Waals surface area contributed by atoms with E-state index < -0.39 is 0 Å². The smallest absolute Gasteiger partial charge is 0.171 e. The molecule has 0 heterocycles. The molecule has 2 nitrogen and oxygen atoms in total. The van der Waals surface area contributed by atoms with Gasteiger partial charge in [-0.15, -0.1) is 0 Å². The van der Waals surface area contributed by atoms with Crippen LogP contribution in [0, 0.1) is 13.8 Å². The Kier molecular flexibility index (Phi) is 5.34. The lowest BCUT2D eigenvalue weighted by molar-refractivity contribution is 0.629. The Morgan fingerprint density at radius 2 is 1.48 bits per heavy atom. The molecule has 0 spiro atoms.